The van der Waals surface area contributed by atoms with E-state index < -0.39 is 23.6 Å². The normalized spacial score (nSPS) is 17.0. The van der Waals surface area contributed by atoms with E-state index in [1.165, 1.54) is 0 Å². The molecule has 2 amide bonds. The number of aliphatic carboxylic acids is 1. The van der Waals surface area contributed by atoms with Crippen molar-refractivity contribution in [1.29, 1.82) is 0 Å². The summed E-state index contributed by atoms with van der Waals surface area (Å²) in [5.41, 5.74) is 3.40. The minimum Gasteiger partial charge on any atom is -0.480 e. The lowest BCUT2D eigenvalue weighted by atomic mass is 9.97. The van der Waals surface area contributed by atoms with E-state index >= 15 is 0 Å². The molecule has 2 aromatic rings. The number of ether oxygens (including phenoxy) is 1. The van der Waals surface area contributed by atoms with Crippen LogP contribution in [-0.4, -0.2) is 41.3 Å². The number of benzene rings is 2. The molecule has 0 heterocycles. The molecule has 7 nitrogen and oxygen atoms in total. The summed E-state index contributed by atoms with van der Waals surface area (Å²) in [5, 5.41) is 15.0. The van der Waals surface area contributed by atoms with Crippen LogP contribution in [0.2, 0.25) is 0 Å². The molecule has 1 unspecified atom stereocenters. The Morgan fingerprint density at radius 3 is 2.15 bits per heavy atom. The van der Waals surface area contributed by atoms with Gasteiger partial charge in [-0.05, 0) is 41.5 Å². The molecular formula is C26H30N2O5. The van der Waals surface area contributed by atoms with Gasteiger partial charge in [-0.15, -0.1) is 0 Å². The quantitative estimate of drug-likeness (QED) is 0.559. The van der Waals surface area contributed by atoms with Crippen LogP contribution in [0.25, 0.3) is 11.1 Å². The van der Waals surface area contributed by atoms with Gasteiger partial charge in [0.1, 0.15) is 12.1 Å². The molecule has 1 saturated carbocycles. The van der Waals surface area contributed by atoms with E-state index in [0.717, 1.165) is 35.1 Å². The molecule has 33 heavy (non-hydrogen) atoms. The van der Waals surface area contributed by atoms with Crippen LogP contribution in [0.5, 0.6) is 0 Å². The number of alkyl carbamates (subject to hydrolysis) is 1. The Labute approximate surface area is 193 Å². The third-order valence-corrected chi connectivity index (χ3v) is 6.84. The van der Waals surface area contributed by atoms with E-state index in [-0.39, 0.29) is 24.9 Å². The van der Waals surface area contributed by atoms with Crippen molar-refractivity contribution < 1.29 is 24.2 Å². The van der Waals surface area contributed by atoms with Crippen molar-refractivity contribution in [2.45, 2.75) is 62.9 Å². The van der Waals surface area contributed by atoms with Crippen LogP contribution in [0.3, 0.4) is 0 Å². The molecule has 1 fully saturated rings. The fourth-order valence-corrected chi connectivity index (χ4v) is 5.02. The summed E-state index contributed by atoms with van der Waals surface area (Å²) in [7, 11) is 0. The van der Waals surface area contributed by atoms with Crippen molar-refractivity contribution in [3.05, 3.63) is 59.7 Å². The standard InChI is InChI=1S/C26H30N2O5/c1-2-17(15-23(29)28-26(24(30)31)13-7-8-14-26)27-25(32)33-16-22-20-11-5-3-9-18(20)19-10-4-6-12-21(19)22/h3-6,9-12,17,22H,2,7-8,13-16H2,1H3,(H,27,32)(H,28,29)(H,30,31). The monoisotopic (exact) mass is 450 g/mol. The van der Waals surface area contributed by atoms with Gasteiger partial charge in [0.2, 0.25) is 5.91 Å². The van der Waals surface area contributed by atoms with Gasteiger partial charge in [0.15, 0.2) is 0 Å². The second kappa shape index (κ2) is 9.65. The van der Waals surface area contributed by atoms with Gasteiger partial charge in [0.25, 0.3) is 0 Å². The molecule has 2 aliphatic rings. The minimum atomic E-state index is -1.18. The van der Waals surface area contributed by atoms with Gasteiger partial charge in [0, 0.05) is 18.4 Å². The van der Waals surface area contributed by atoms with Gasteiger partial charge < -0.3 is 20.5 Å². The molecule has 1 atom stereocenters. The fourth-order valence-electron chi connectivity index (χ4n) is 5.02. The highest BCUT2D eigenvalue weighted by Crippen LogP contribution is 2.44. The molecular weight excluding hydrogens is 420 g/mol. The number of carbonyl (C=O) groups is 3. The molecule has 0 aromatic heterocycles. The average Bonchev–Trinajstić information content (AvgIpc) is 3.41. The van der Waals surface area contributed by atoms with E-state index in [0.29, 0.717) is 19.3 Å². The summed E-state index contributed by atoms with van der Waals surface area (Å²) in [6, 6.07) is 15.8. The summed E-state index contributed by atoms with van der Waals surface area (Å²) in [4.78, 5) is 36.7. The Hall–Kier alpha value is -3.35. The van der Waals surface area contributed by atoms with Crippen LogP contribution in [0.4, 0.5) is 4.79 Å². The topological polar surface area (TPSA) is 105 Å². The SMILES string of the molecule is CCC(CC(=O)NC1(C(=O)O)CCCC1)NC(=O)OCC1c2ccccc2-c2ccccc21. The van der Waals surface area contributed by atoms with Gasteiger partial charge in [0.05, 0.1) is 0 Å². The van der Waals surface area contributed by atoms with Crippen LogP contribution >= 0.6 is 0 Å². The van der Waals surface area contributed by atoms with Crippen molar-refractivity contribution in [1.82, 2.24) is 10.6 Å². The van der Waals surface area contributed by atoms with Crippen molar-refractivity contribution in [3.63, 3.8) is 0 Å². The number of hydrogen-bond acceptors (Lipinski definition) is 4. The highest BCUT2D eigenvalue weighted by molar-refractivity contribution is 5.87. The molecule has 0 saturated heterocycles. The number of fused-ring (bicyclic) bond motifs is 3. The summed E-state index contributed by atoms with van der Waals surface area (Å²) >= 11 is 0. The Morgan fingerprint density at radius 1 is 1.03 bits per heavy atom. The van der Waals surface area contributed by atoms with Gasteiger partial charge in [-0.3, -0.25) is 4.79 Å². The van der Waals surface area contributed by atoms with Gasteiger partial charge in [-0.1, -0.05) is 68.3 Å². The average molecular weight is 451 g/mol. The predicted octanol–water partition coefficient (Wildman–Crippen LogP) is 4.21. The Bertz CT molecular complexity index is 999. The van der Waals surface area contributed by atoms with E-state index in [9.17, 15) is 19.5 Å². The first kappa shape index (κ1) is 22.8. The van der Waals surface area contributed by atoms with Gasteiger partial charge in [-0.2, -0.15) is 0 Å². The molecule has 2 aliphatic carbocycles. The molecule has 3 N–H and O–H groups in total. The Kier molecular flexibility index (Phi) is 6.67. The largest absolute Gasteiger partial charge is 0.480 e. The lowest BCUT2D eigenvalue weighted by Crippen LogP contribution is -2.53. The zero-order valence-corrected chi connectivity index (χ0v) is 18.8. The maximum Gasteiger partial charge on any atom is 0.407 e. The number of rotatable bonds is 8. The molecule has 2 aromatic carbocycles. The van der Waals surface area contributed by atoms with Crippen molar-refractivity contribution in [2.75, 3.05) is 6.61 Å². The summed E-state index contributed by atoms with van der Waals surface area (Å²) in [6.45, 7) is 2.06. The Balaban J connectivity index is 1.34. The van der Waals surface area contributed by atoms with Crippen molar-refractivity contribution >= 4 is 18.0 Å². The summed E-state index contributed by atoms with van der Waals surface area (Å²) < 4.78 is 5.57. The van der Waals surface area contributed by atoms with Crippen molar-refractivity contribution in [3.8, 4) is 11.1 Å². The van der Waals surface area contributed by atoms with Crippen molar-refractivity contribution in [2.24, 2.45) is 0 Å². The van der Waals surface area contributed by atoms with Gasteiger partial charge in [-0.25, -0.2) is 9.59 Å². The van der Waals surface area contributed by atoms with Crippen LogP contribution in [0.15, 0.2) is 48.5 Å². The molecule has 0 radical (unpaired) electrons. The van der Waals surface area contributed by atoms with Gasteiger partial charge >= 0.3 is 12.1 Å². The van der Waals surface area contributed by atoms with Crippen LogP contribution in [-0.2, 0) is 14.3 Å². The summed E-state index contributed by atoms with van der Waals surface area (Å²) in [6.07, 6.45) is 2.39. The minimum absolute atomic E-state index is 0.00965. The summed E-state index contributed by atoms with van der Waals surface area (Å²) in [5.74, 6) is -1.40. The third kappa shape index (κ3) is 4.72. The third-order valence-electron chi connectivity index (χ3n) is 6.84. The van der Waals surface area contributed by atoms with E-state index in [1.54, 1.807) is 0 Å². The lowest BCUT2D eigenvalue weighted by Gasteiger charge is -2.26. The number of carboxylic acids is 1. The zero-order valence-electron chi connectivity index (χ0n) is 18.8. The maximum atomic E-state index is 12.5. The smallest absolute Gasteiger partial charge is 0.407 e. The van der Waals surface area contributed by atoms with Crippen LogP contribution in [0, 0.1) is 0 Å². The number of amides is 2. The maximum absolute atomic E-state index is 12.5. The Morgan fingerprint density at radius 2 is 1.61 bits per heavy atom. The zero-order chi connectivity index (χ0) is 23.4. The van der Waals surface area contributed by atoms with E-state index in [4.69, 9.17) is 4.74 Å². The molecule has 0 spiro atoms. The molecule has 4 rings (SSSR count). The first-order chi connectivity index (χ1) is 15.9. The number of nitrogens with one attached hydrogen (secondary N) is 2. The van der Waals surface area contributed by atoms with E-state index in [2.05, 4.69) is 34.9 Å². The fraction of sp³-hybridized carbons (Fsp3) is 0.423. The highest BCUT2D eigenvalue weighted by Gasteiger charge is 2.42. The molecule has 0 bridgehead atoms. The number of hydrogen-bond donors (Lipinski definition) is 3. The highest BCUT2D eigenvalue weighted by atomic mass is 16.5. The second-order valence-corrected chi connectivity index (χ2v) is 8.92. The second-order valence-electron chi connectivity index (χ2n) is 8.92. The molecule has 0 aliphatic heterocycles. The molecule has 174 valence electrons. The van der Waals surface area contributed by atoms with Crippen LogP contribution < -0.4 is 10.6 Å². The predicted molar refractivity (Wildman–Crippen MR) is 124 cm³/mol. The first-order valence-corrected chi connectivity index (χ1v) is 11.6. The lowest BCUT2D eigenvalue weighted by molar-refractivity contribution is -0.147. The molecule has 7 heteroatoms. The van der Waals surface area contributed by atoms with Crippen LogP contribution in [0.1, 0.15) is 62.5 Å². The van der Waals surface area contributed by atoms with E-state index in [1.807, 2.05) is 31.2 Å². The number of carbonyl (C=O) groups excluding carboxylic acids is 2. The first-order valence-electron chi connectivity index (χ1n) is 11.6. The number of carboxylic acid groups (broad SMARTS) is 1.